The van der Waals surface area contributed by atoms with E-state index in [-0.39, 0.29) is 23.4 Å². The lowest BCUT2D eigenvalue weighted by Crippen LogP contribution is -2.63. The minimum atomic E-state index is 0.0249. The third kappa shape index (κ3) is 4.46. The zero-order valence-corrected chi connectivity index (χ0v) is 25.5. The number of H-pyrrole nitrogens is 1. The van der Waals surface area contributed by atoms with Gasteiger partial charge in [0.15, 0.2) is 5.82 Å². The number of nitrogens with zero attached hydrogens (tertiary/aromatic N) is 6. The molecule has 1 unspecified atom stereocenters. The number of carbonyl (C=O) groups excluding carboxylic acids is 1. The second kappa shape index (κ2) is 10.7. The maximum absolute atomic E-state index is 12.1. The van der Waals surface area contributed by atoms with Crippen LogP contribution in [0.25, 0.3) is 22.0 Å². The first kappa shape index (κ1) is 27.9. The minimum Gasteiger partial charge on any atom is -0.385 e. The third-order valence-electron chi connectivity index (χ3n) is 10.0. The number of rotatable bonds is 8. The fourth-order valence-corrected chi connectivity index (χ4v) is 7.89. The smallest absolute Gasteiger partial charge is 0.245 e. The predicted octanol–water partition coefficient (Wildman–Crippen LogP) is 3.97. The highest BCUT2D eigenvalue weighted by Crippen LogP contribution is 2.55. The van der Waals surface area contributed by atoms with Gasteiger partial charge in [-0.2, -0.15) is 10.2 Å². The molecule has 7 rings (SSSR count). The molecule has 1 aromatic carbocycles. The van der Waals surface area contributed by atoms with Crippen LogP contribution in [-0.2, 0) is 14.3 Å². The molecule has 1 amide bonds. The molecular formula is C31H40ClN7O3. The number of amides is 1. The van der Waals surface area contributed by atoms with Crippen molar-refractivity contribution in [2.75, 3.05) is 64.6 Å². The van der Waals surface area contributed by atoms with Crippen molar-refractivity contribution >= 4 is 34.2 Å². The summed E-state index contributed by atoms with van der Waals surface area (Å²) in [5.74, 6) is 1.02. The molecule has 10 nitrogen and oxygen atoms in total. The topological polar surface area (TPSA) is 91.8 Å². The molecular weight excluding hydrogens is 554 g/mol. The number of aryl methyl sites for hydroxylation is 1. The summed E-state index contributed by atoms with van der Waals surface area (Å²) >= 11 is 7.15. The van der Waals surface area contributed by atoms with E-state index < -0.39 is 0 Å². The lowest BCUT2D eigenvalue weighted by atomic mass is 9.60. The number of piperazine rings is 1. The number of anilines is 1. The number of hydrogen-bond acceptors (Lipinski definition) is 7. The van der Waals surface area contributed by atoms with Crippen LogP contribution in [0.15, 0.2) is 24.9 Å². The van der Waals surface area contributed by atoms with Gasteiger partial charge in [0.05, 0.1) is 42.0 Å². The molecule has 5 heterocycles. The minimum absolute atomic E-state index is 0.0249. The van der Waals surface area contributed by atoms with Crippen LogP contribution in [0.5, 0.6) is 0 Å². The Hall–Kier alpha value is -2.92. The molecule has 1 N–H and O–H groups in total. The molecule has 3 saturated heterocycles. The van der Waals surface area contributed by atoms with Gasteiger partial charge in [0, 0.05) is 80.1 Å². The number of aromatic amines is 1. The molecule has 224 valence electrons. The Morgan fingerprint density at radius 2 is 2.02 bits per heavy atom. The van der Waals surface area contributed by atoms with Crippen molar-refractivity contribution in [3.8, 4) is 11.1 Å². The van der Waals surface area contributed by atoms with Gasteiger partial charge in [0.2, 0.25) is 5.91 Å². The second-order valence-electron chi connectivity index (χ2n) is 12.7. The molecule has 1 aliphatic carbocycles. The Balaban J connectivity index is 1.28. The highest BCUT2D eigenvalue weighted by atomic mass is 35.5. The largest absolute Gasteiger partial charge is 0.385 e. The monoisotopic (exact) mass is 593 g/mol. The van der Waals surface area contributed by atoms with Crippen molar-refractivity contribution in [1.82, 2.24) is 29.8 Å². The molecule has 2 aromatic heterocycles. The van der Waals surface area contributed by atoms with E-state index in [4.69, 9.17) is 26.2 Å². The molecule has 1 spiro atoms. The molecule has 4 fully saturated rings. The summed E-state index contributed by atoms with van der Waals surface area (Å²) in [6.45, 7) is 14.6. The van der Waals surface area contributed by atoms with Gasteiger partial charge >= 0.3 is 0 Å². The number of halogens is 1. The first-order valence-corrected chi connectivity index (χ1v) is 15.4. The summed E-state index contributed by atoms with van der Waals surface area (Å²) in [6.07, 6.45) is 6.24. The number of nitrogens with one attached hydrogen (secondary N) is 1. The van der Waals surface area contributed by atoms with E-state index in [9.17, 15) is 4.79 Å². The quantitative estimate of drug-likeness (QED) is 0.395. The van der Waals surface area contributed by atoms with Crippen LogP contribution in [0.1, 0.15) is 36.6 Å². The Morgan fingerprint density at radius 3 is 2.71 bits per heavy atom. The number of fused-ring (bicyclic) bond motifs is 1. The first-order valence-electron chi connectivity index (χ1n) is 15.0. The van der Waals surface area contributed by atoms with Gasteiger partial charge in [-0.15, -0.1) is 0 Å². The fourth-order valence-electron chi connectivity index (χ4n) is 7.64. The van der Waals surface area contributed by atoms with Crippen LogP contribution >= 0.6 is 11.6 Å². The highest BCUT2D eigenvalue weighted by molar-refractivity contribution is 6.36. The highest BCUT2D eigenvalue weighted by Gasteiger charge is 2.54. The van der Waals surface area contributed by atoms with E-state index in [0.29, 0.717) is 12.6 Å². The van der Waals surface area contributed by atoms with Crippen molar-refractivity contribution in [3.63, 3.8) is 0 Å². The Kier molecular flexibility index (Phi) is 7.08. The number of hydrogen-bond donors (Lipinski definition) is 1. The van der Waals surface area contributed by atoms with E-state index in [1.165, 1.54) is 6.08 Å². The van der Waals surface area contributed by atoms with Gasteiger partial charge in [0.1, 0.15) is 0 Å². The summed E-state index contributed by atoms with van der Waals surface area (Å²) in [5, 5.41) is 14.7. The average molecular weight is 594 g/mol. The number of carbonyl (C=O) groups is 1. The molecule has 1 atom stereocenters. The lowest BCUT2D eigenvalue weighted by Gasteiger charge is -2.58. The standard InChI is InChI=1S/C31H40ClN7O3/c1-5-26(40)37-17-31(18-37)11-22(12-31)39-20(3)27(28-24-13-33-34-25(24)10-19(2)29(28)32)30(35-39)38-8-7-36(23-15-42-16-23)14-21(38)6-9-41-4/h5,10,13,21-23H,1,6-9,11-12,14-18H2,2-4H3,(H,33,34). The molecule has 11 heteroatoms. The maximum Gasteiger partial charge on any atom is 0.245 e. The molecule has 4 aliphatic rings. The molecule has 3 aromatic rings. The second-order valence-corrected chi connectivity index (χ2v) is 13.1. The van der Waals surface area contributed by atoms with Crippen LogP contribution in [0.4, 0.5) is 5.82 Å². The SMILES string of the molecule is C=CC(=O)N1CC2(CC(n3nc(N4CCN(C5COC5)CC4CCOC)c(-c4c(Cl)c(C)cc5[nH]ncc45)c3C)C2)C1. The van der Waals surface area contributed by atoms with Crippen LogP contribution in [0.2, 0.25) is 5.02 Å². The van der Waals surface area contributed by atoms with Crippen molar-refractivity contribution in [2.24, 2.45) is 5.41 Å². The van der Waals surface area contributed by atoms with E-state index in [0.717, 1.165) is 109 Å². The third-order valence-corrected chi connectivity index (χ3v) is 10.5. The van der Waals surface area contributed by atoms with Gasteiger partial charge in [0.25, 0.3) is 0 Å². The Labute approximate surface area is 251 Å². The van der Waals surface area contributed by atoms with Crippen molar-refractivity contribution in [2.45, 2.75) is 51.2 Å². The van der Waals surface area contributed by atoms with Crippen molar-refractivity contribution in [1.29, 1.82) is 0 Å². The van der Waals surface area contributed by atoms with E-state index in [2.05, 4.69) is 51.2 Å². The lowest BCUT2D eigenvalue weighted by molar-refractivity contribution is -0.149. The number of methoxy groups -OCH3 is 1. The number of ether oxygens (including phenoxy) is 2. The molecule has 42 heavy (non-hydrogen) atoms. The Bertz CT molecular complexity index is 1510. The summed E-state index contributed by atoms with van der Waals surface area (Å²) in [6, 6.07) is 3.10. The number of likely N-dealkylation sites (tertiary alicyclic amines) is 1. The normalized spacial score (nSPS) is 22.8. The van der Waals surface area contributed by atoms with Crippen LogP contribution in [-0.4, -0.2) is 107 Å². The summed E-state index contributed by atoms with van der Waals surface area (Å²) in [7, 11) is 1.77. The van der Waals surface area contributed by atoms with E-state index >= 15 is 0 Å². The van der Waals surface area contributed by atoms with Gasteiger partial charge in [-0.25, -0.2) is 0 Å². The average Bonchev–Trinajstić information content (AvgIpc) is 3.50. The summed E-state index contributed by atoms with van der Waals surface area (Å²) in [4.78, 5) is 19.1. The predicted molar refractivity (Wildman–Crippen MR) is 163 cm³/mol. The zero-order valence-electron chi connectivity index (χ0n) is 24.7. The maximum atomic E-state index is 12.1. The van der Waals surface area contributed by atoms with E-state index in [1.807, 2.05) is 11.1 Å². The molecule has 0 radical (unpaired) electrons. The number of aromatic nitrogens is 4. The van der Waals surface area contributed by atoms with Gasteiger partial charge < -0.3 is 19.3 Å². The van der Waals surface area contributed by atoms with Crippen LogP contribution in [0.3, 0.4) is 0 Å². The molecule has 0 bridgehead atoms. The first-order chi connectivity index (χ1) is 20.3. The summed E-state index contributed by atoms with van der Waals surface area (Å²) in [5.41, 5.74) is 5.39. The zero-order chi connectivity index (χ0) is 29.2. The van der Waals surface area contributed by atoms with Crippen LogP contribution < -0.4 is 4.90 Å². The van der Waals surface area contributed by atoms with Crippen molar-refractivity contribution < 1.29 is 14.3 Å². The Morgan fingerprint density at radius 1 is 1.24 bits per heavy atom. The van der Waals surface area contributed by atoms with Gasteiger partial charge in [-0.05, 0) is 50.8 Å². The van der Waals surface area contributed by atoms with Gasteiger partial charge in [-0.1, -0.05) is 18.2 Å². The summed E-state index contributed by atoms with van der Waals surface area (Å²) < 4.78 is 13.3. The molecule has 1 saturated carbocycles. The van der Waals surface area contributed by atoms with Crippen molar-refractivity contribution in [3.05, 3.63) is 41.2 Å². The molecule has 3 aliphatic heterocycles. The number of benzene rings is 1. The fraction of sp³-hybridized carbons (Fsp3) is 0.581. The van der Waals surface area contributed by atoms with E-state index in [1.54, 1.807) is 7.11 Å². The van der Waals surface area contributed by atoms with Crippen LogP contribution in [0, 0.1) is 19.3 Å². The van der Waals surface area contributed by atoms with Gasteiger partial charge in [-0.3, -0.25) is 19.5 Å².